The van der Waals surface area contributed by atoms with Crippen LogP contribution in [0.4, 0.5) is 10.5 Å². The predicted molar refractivity (Wildman–Crippen MR) is 113 cm³/mol. The van der Waals surface area contributed by atoms with Crippen LogP contribution < -0.4 is 4.90 Å². The Morgan fingerprint density at radius 2 is 1.79 bits per heavy atom. The zero-order valence-corrected chi connectivity index (χ0v) is 18.2. The van der Waals surface area contributed by atoms with E-state index in [2.05, 4.69) is 18.9 Å². The number of hydrogen-bond donors (Lipinski definition) is 0. The summed E-state index contributed by atoms with van der Waals surface area (Å²) in [6, 6.07) is 6.90. The fourth-order valence-corrected chi connectivity index (χ4v) is 2.94. The Hall–Kier alpha value is -2.70. The number of carbonyl (C=O) groups is 3. The molecular weight excluding hydrogens is 370 g/mol. The highest BCUT2D eigenvalue weighted by Crippen LogP contribution is 2.29. The van der Waals surface area contributed by atoms with Crippen molar-refractivity contribution in [2.24, 2.45) is 16.4 Å². The molecule has 1 heterocycles. The fraction of sp³-hybridized carbons (Fsp3) is 0.545. The molecule has 1 aliphatic heterocycles. The van der Waals surface area contributed by atoms with Gasteiger partial charge >= 0.3 is 12.0 Å². The van der Waals surface area contributed by atoms with Crippen molar-refractivity contribution in [2.45, 2.75) is 48.0 Å². The summed E-state index contributed by atoms with van der Waals surface area (Å²) in [7, 11) is 0. The van der Waals surface area contributed by atoms with E-state index < -0.39 is 17.4 Å². The lowest BCUT2D eigenvalue weighted by molar-refractivity contribution is -0.143. The molecule has 158 valence electrons. The number of anilines is 1. The number of fused-ring (bicyclic) bond motifs is 1. The number of rotatable bonds is 7. The predicted octanol–water partition coefficient (Wildman–Crippen LogP) is 3.86. The highest BCUT2D eigenvalue weighted by atomic mass is 16.5. The molecule has 7 nitrogen and oxygen atoms in total. The topological polar surface area (TPSA) is 79.3 Å². The van der Waals surface area contributed by atoms with E-state index in [1.165, 1.54) is 4.90 Å². The van der Waals surface area contributed by atoms with E-state index >= 15 is 0 Å². The number of esters is 1. The van der Waals surface area contributed by atoms with Crippen LogP contribution in [0, 0.1) is 11.3 Å². The van der Waals surface area contributed by atoms with Gasteiger partial charge in [0.25, 0.3) is 0 Å². The first-order chi connectivity index (χ1) is 13.5. The van der Waals surface area contributed by atoms with Crippen LogP contribution in [-0.2, 0) is 14.3 Å². The van der Waals surface area contributed by atoms with Crippen molar-refractivity contribution in [1.82, 2.24) is 5.01 Å². The van der Waals surface area contributed by atoms with Crippen molar-refractivity contribution in [3.8, 4) is 0 Å². The van der Waals surface area contributed by atoms with Gasteiger partial charge in [-0.15, -0.1) is 0 Å². The van der Waals surface area contributed by atoms with Gasteiger partial charge in [0.05, 0.1) is 24.6 Å². The van der Waals surface area contributed by atoms with Crippen LogP contribution in [0.5, 0.6) is 0 Å². The molecular formula is C22H31N3O4. The Kier molecular flexibility index (Phi) is 7.16. The number of para-hydroxylation sites is 1. The maximum atomic E-state index is 13.3. The molecule has 2 amide bonds. The lowest BCUT2D eigenvalue weighted by atomic mass is 9.90. The molecule has 7 heteroatoms. The third-order valence-electron chi connectivity index (χ3n) is 4.52. The minimum atomic E-state index is -0.602. The van der Waals surface area contributed by atoms with Gasteiger partial charge in [-0.1, -0.05) is 52.8 Å². The summed E-state index contributed by atoms with van der Waals surface area (Å²) in [5.74, 6) is -0.324. The molecule has 0 saturated heterocycles. The summed E-state index contributed by atoms with van der Waals surface area (Å²) in [6.45, 7) is 11.1. The molecule has 0 N–H and O–H groups in total. The number of Topliss-reactive ketones (excluding diaryl/α,β-unsaturated/α-hetero) is 1. The Morgan fingerprint density at radius 1 is 1.14 bits per heavy atom. The zero-order chi connectivity index (χ0) is 21.8. The summed E-state index contributed by atoms with van der Waals surface area (Å²) in [4.78, 5) is 39.6. The van der Waals surface area contributed by atoms with E-state index in [1.807, 2.05) is 45.0 Å². The third-order valence-corrected chi connectivity index (χ3v) is 4.52. The number of carbonyl (C=O) groups excluding carboxylic acids is 3. The van der Waals surface area contributed by atoms with Gasteiger partial charge in [0, 0.05) is 11.0 Å². The smallest absolute Gasteiger partial charge is 0.345 e. The summed E-state index contributed by atoms with van der Waals surface area (Å²) >= 11 is 0. The fourth-order valence-electron chi connectivity index (χ4n) is 2.94. The van der Waals surface area contributed by atoms with E-state index in [-0.39, 0.29) is 25.5 Å². The first-order valence-electron chi connectivity index (χ1n) is 9.99. The van der Waals surface area contributed by atoms with E-state index in [0.717, 1.165) is 10.6 Å². The average Bonchev–Trinajstić information content (AvgIpc) is 2.72. The molecule has 0 unspecified atom stereocenters. The SMILES string of the molecule is CCOC(=O)CN1N=C(CC(C)C)c2ccccc2N(CC(=O)C(C)(C)C)C1=O. The Balaban J connectivity index is 2.53. The number of hydrogen-bond acceptors (Lipinski definition) is 5. The van der Waals surface area contributed by atoms with Crippen LogP contribution in [0.15, 0.2) is 29.4 Å². The lowest BCUT2D eigenvalue weighted by Crippen LogP contribution is -2.46. The van der Waals surface area contributed by atoms with Gasteiger partial charge in [0.1, 0.15) is 6.54 Å². The van der Waals surface area contributed by atoms with Gasteiger partial charge in [-0.3, -0.25) is 14.5 Å². The van der Waals surface area contributed by atoms with Crippen molar-refractivity contribution in [3.63, 3.8) is 0 Å². The Labute approximate surface area is 172 Å². The van der Waals surface area contributed by atoms with Gasteiger partial charge in [-0.05, 0) is 25.3 Å². The zero-order valence-electron chi connectivity index (χ0n) is 18.2. The number of ether oxygens (including phenoxy) is 1. The van der Waals surface area contributed by atoms with E-state index in [0.29, 0.717) is 23.7 Å². The second-order valence-electron chi connectivity index (χ2n) is 8.57. The minimum Gasteiger partial charge on any atom is -0.465 e. The van der Waals surface area contributed by atoms with Crippen molar-refractivity contribution >= 4 is 29.2 Å². The van der Waals surface area contributed by atoms with Crippen LogP contribution in [0.25, 0.3) is 0 Å². The van der Waals surface area contributed by atoms with Crippen LogP contribution in [0.3, 0.4) is 0 Å². The maximum absolute atomic E-state index is 13.3. The molecule has 0 atom stereocenters. The van der Waals surface area contributed by atoms with E-state index in [4.69, 9.17) is 4.74 Å². The monoisotopic (exact) mass is 401 g/mol. The van der Waals surface area contributed by atoms with Crippen LogP contribution >= 0.6 is 0 Å². The molecule has 0 spiro atoms. The largest absolute Gasteiger partial charge is 0.465 e. The summed E-state index contributed by atoms with van der Waals surface area (Å²) in [5.41, 5.74) is 1.53. The Morgan fingerprint density at radius 3 is 2.38 bits per heavy atom. The normalized spacial score (nSPS) is 14.4. The molecule has 0 aromatic heterocycles. The van der Waals surface area contributed by atoms with Crippen molar-refractivity contribution in [1.29, 1.82) is 0 Å². The molecule has 1 aromatic rings. The molecule has 0 saturated carbocycles. The van der Waals surface area contributed by atoms with Crippen molar-refractivity contribution in [3.05, 3.63) is 29.8 Å². The third kappa shape index (κ3) is 5.65. The van der Waals surface area contributed by atoms with Crippen LogP contribution in [0.1, 0.15) is 53.5 Å². The van der Waals surface area contributed by atoms with Crippen LogP contribution in [0.2, 0.25) is 0 Å². The first kappa shape index (κ1) is 22.6. The molecule has 2 rings (SSSR count). The van der Waals surface area contributed by atoms with E-state index in [1.54, 1.807) is 6.92 Å². The lowest BCUT2D eigenvalue weighted by Gasteiger charge is -2.28. The van der Waals surface area contributed by atoms with Gasteiger partial charge < -0.3 is 4.74 Å². The molecule has 0 radical (unpaired) electrons. The number of nitrogens with zero attached hydrogens (tertiary/aromatic N) is 3. The van der Waals surface area contributed by atoms with Gasteiger partial charge in [0.15, 0.2) is 5.78 Å². The molecule has 0 bridgehead atoms. The molecule has 1 aliphatic rings. The average molecular weight is 402 g/mol. The second kappa shape index (κ2) is 9.20. The standard InChI is InChI=1S/C22H31N3O4/c1-7-29-20(27)14-25-21(28)24(13-19(26)22(4,5)6)18-11-9-8-10-16(18)17(23-25)12-15(2)3/h8-11,15H,7,12-14H2,1-6H3. The number of benzene rings is 1. The Bertz CT molecular complexity index is 809. The maximum Gasteiger partial charge on any atom is 0.345 e. The van der Waals surface area contributed by atoms with Crippen molar-refractivity contribution < 1.29 is 19.1 Å². The highest BCUT2D eigenvalue weighted by molar-refractivity contribution is 6.12. The molecule has 0 fully saturated rings. The number of ketones is 1. The second-order valence-corrected chi connectivity index (χ2v) is 8.57. The quantitative estimate of drug-likeness (QED) is 0.650. The van der Waals surface area contributed by atoms with Gasteiger partial charge in [-0.25, -0.2) is 9.80 Å². The molecule has 1 aromatic carbocycles. The summed E-state index contributed by atoms with van der Waals surface area (Å²) in [5, 5.41) is 5.64. The first-order valence-corrected chi connectivity index (χ1v) is 9.99. The molecule has 29 heavy (non-hydrogen) atoms. The highest BCUT2D eigenvalue weighted by Gasteiger charge is 2.34. The number of amides is 2. The van der Waals surface area contributed by atoms with Gasteiger partial charge in [0.2, 0.25) is 0 Å². The van der Waals surface area contributed by atoms with Crippen LogP contribution in [-0.4, -0.2) is 48.2 Å². The molecule has 0 aliphatic carbocycles. The number of hydrazone groups is 1. The summed E-state index contributed by atoms with van der Waals surface area (Å²) < 4.78 is 5.01. The van der Waals surface area contributed by atoms with Gasteiger partial charge in [-0.2, -0.15) is 5.10 Å². The van der Waals surface area contributed by atoms with E-state index in [9.17, 15) is 14.4 Å². The van der Waals surface area contributed by atoms with Crippen molar-refractivity contribution in [2.75, 3.05) is 24.6 Å². The minimum absolute atomic E-state index is 0.0796. The number of urea groups is 1. The summed E-state index contributed by atoms with van der Waals surface area (Å²) in [6.07, 6.45) is 0.630.